The molecule has 3 fully saturated rings. The van der Waals surface area contributed by atoms with E-state index in [1.807, 2.05) is 6.92 Å². The van der Waals surface area contributed by atoms with Crippen LogP contribution in [0.4, 0.5) is 0 Å². The molecular weight excluding hydrogens is 490 g/mol. The second-order valence-electron chi connectivity index (χ2n) is 14.7. The van der Waals surface area contributed by atoms with Crippen LogP contribution in [0.1, 0.15) is 86.5 Å². The number of carbonyl (C=O) groups excluding carboxylic acids is 2. The molecule has 39 heavy (non-hydrogen) atoms. The summed E-state index contributed by atoms with van der Waals surface area (Å²) in [5, 5.41) is 0. The van der Waals surface area contributed by atoms with Crippen LogP contribution in [0.15, 0.2) is 39.9 Å². The zero-order valence-electron chi connectivity index (χ0n) is 25.0. The van der Waals surface area contributed by atoms with Crippen molar-refractivity contribution in [3.63, 3.8) is 0 Å². The van der Waals surface area contributed by atoms with E-state index in [0.717, 1.165) is 49.8 Å². The van der Waals surface area contributed by atoms with Gasteiger partial charge in [-0.3, -0.25) is 14.6 Å². The van der Waals surface area contributed by atoms with Crippen molar-refractivity contribution >= 4 is 17.7 Å². The Hall–Kier alpha value is -2.21. The molecule has 6 rings (SSSR count). The average Bonchev–Trinajstić information content (AvgIpc) is 2.91. The molecule has 0 spiro atoms. The van der Waals surface area contributed by atoms with Gasteiger partial charge in [0.2, 0.25) is 0 Å². The third kappa shape index (κ3) is 3.27. The van der Waals surface area contributed by atoms with E-state index in [0.29, 0.717) is 5.92 Å². The van der Waals surface area contributed by atoms with Gasteiger partial charge in [0.15, 0.2) is 6.10 Å². The summed E-state index contributed by atoms with van der Waals surface area (Å²) in [4.78, 5) is 29.8. The highest BCUT2D eigenvalue weighted by atomic mass is 16.6. The number of methoxy groups -OCH3 is 2. The van der Waals surface area contributed by atoms with E-state index >= 15 is 0 Å². The number of carbonyl (C=O) groups is 2. The lowest BCUT2D eigenvalue weighted by atomic mass is 9.34. The standard InChI is InChI=1S/C33H45NO5/c1-28-11-12-29(2,27(36)37-7)18-24(28)32(5)16-14-30(3)21-17-22-26(39-25(35)19-34-22)33(6,38-8)20(21)9-10-23(30)31(32,4)15-13-28/h9-10,17,24,26H,11-16,18-19H2,1-8H3/t24-,26?,28-,29-,30+,31-,32+,33?/m1/s1. The number of rotatable bonds is 2. The molecule has 0 aromatic carbocycles. The minimum atomic E-state index is -0.789. The Morgan fingerprint density at radius 2 is 1.67 bits per heavy atom. The average molecular weight is 536 g/mol. The van der Waals surface area contributed by atoms with Gasteiger partial charge in [-0.25, -0.2) is 0 Å². The van der Waals surface area contributed by atoms with Gasteiger partial charge in [0.05, 0.1) is 18.2 Å². The molecule has 0 radical (unpaired) electrons. The van der Waals surface area contributed by atoms with Crippen molar-refractivity contribution in [3.8, 4) is 0 Å². The lowest BCUT2D eigenvalue weighted by molar-refractivity contribution is -0.180. The van der Waals surface area contributed by atoms with Crippen molar-refractivity contribution in [2.45, 2.75) is 98.2 Å². The molecule has 6 nitrogen and oxygen atoms in total. The second-order valence-corrected chi connectivity index (χ2v) is 14.7. The Labute approximate surface area is 233 Å². The largest absolute Gasteiger partial charge is 0.469 e. The molecule has 6 heteroatoms. The molecule has 1 heterocycles. The first-order chi connectivity index (χ1) is 18.2. The number of esters is 2. The van der Waals surface area contributed by atoms with Crippen LogP contribution in [0.5, 0.6) is 0 Å². The van der Waals surface area contributed by atoms with Gasteiger partial charge in [0.1, 0.15) is 12.1 Å². The Balaban J connectivity index is 1.47. The van der Waals surface area contributed by atoms with Gasteiger partial charge in [-0.1, -0.05) is 45.4 Å². The molecule has 0 N–H and O–H groups in total. The molecule has 3 saturated carbocycles. The zero-order valence-corrected chi connectivity index (χ0v) is 25.0. The molecular formula is C33H45NO5. The first kappa shape index (κ1) is 27.0. The number of aliphatic imine (C=N–C) groups is 1. The van der Waals surface area contributed by atoms with Crippen LogP contribution in [-0.4, -0.2) is 50.1 Å². The minimum Gasteiger partial charge on any atom is -0.469 e. The number of fused-ring (bicyclic) bond motifs is 8. The zero-order chi connectivity index (χ0) is 28.2. The third-order valence-electron chi connectivity index (χ3n) is 12.9. The lowest BCUT2D eigenvalue weighted by Crippen LogP contribution is -2.63. The van der Waals surface area contributed by atoms with Crippen LogP contribution in [0.25, 0.3) is 0 Å². The smallest absolute Gasteiger partial charge is 0.328 e. The maximum Gasteiger partial charge on any atom is 0.328 e. The summed E-state index contributed by atoms with van der Waals surface area (Å²) in [5.74, 6) is 0.0779. The Morgan fingerprint density at radius 3 is 2.36 bits per heavy atom. The number of allylic oxidation sites excluding steroid dienone is 3. The Bertz CT molecular complexity index is 1280. The fourth-order valence-corrected chi connectivity index (χ4v) is 9.97. The molecule has 8 atom stereocenters. The maximum absolute atomic E-state index is 13.0. The summed E-state index contributed by atoms with van der Waals surface area (Å²) in [6.07, 6.45) is 13.6. The van der Waals surface area contributed by atoms with E-state index < -0.39 is 17.1 Å². The maximum atomic E-state index is 13.0. The first-order valence-corrected chi connectivity index (χ1v) is 14.7. The van der Waals surface area contributed by atoms with Gasteiger partial charge < -0.3 is 14.2 Å². The van der Waals surface area contributed by atoms with E-state index in [-0.39, 0.29) is 40.1 Å². The van der Waals surface area contributed by atoms with Crippen molar-refractivity contribution in [1.29, 1.82) is 0 Å². The van der Waals surface area contributed by atoms with Crippen molar-refractivity contribution in [3.05, 3.63) is 34.9 Å². The van der Waals surface area contributed by atoms with Crippen molar-refractivity contribution in [2.24, 2.45) is 38.0 Å². The van der Waals surface area contributed by atoms with Crippen LogP contribution in [0.3, 0.4) is 0 Å². The van der Waals surface area contributed by atoms with Crippen LogP contribution < -0.4 is 0 Å². The van der Waals surface area contributed by atoms with Gasteiger partial charge in [-0.05, 0) is 98.2 Å². The number of hydrogen-bond donors (Lipinski definition) is 0. The van der Waals surface area contributed by atoms with Gasteiger partial charge in [-0.2, -0.15) is 0 Å². The summed E-state index contributed by atoms with van der Waals surface area (Å²) >= 11 is 0. The normalized spacial score (nSPS) is 48.4. The molecule has 0 bridgehead atoms. The third-order valence-corrected chi connectivity index (χ3v) is 12.9. The number of nitrogens with zero attached hydrogens (tertiary/aromatic N) is 1. The summed E-state index contributed by atoms with van der Waals surface area (Å²) in [5.41, 5.74) is 3.57. The van der Waals surface area contributed by atoms with Gasteiger partial charge >= 0.3 is 11.9 Å². The van der Waals surface area contributed by atoms with E-state index in [1.165, 1.54) is 24.7 Å². The first-order valence-electron chi connectivity index (χ1n) is 14.7. The molecule has 5 aliphatic carbocycles. The van der Waals surface area contributed by atoms with E-state index in [9.17, 15) is 9.59 Å². The summed E-state index contributed by atoms with van der Waals surface area (Å²) in [7, 11) is 3.23. The Kier molecular flexibility index (Phi) is 5.66. The Morgan fingerprint density at radius 1 is 0.949 bits per heavy atom. The van der Waals surface area contributed by atoms with E-state index in [4.69, 9.17) is 14.2 Å². The molecule has 1 aliphatic heterocycles. The topological polar surface area (TPSA) is 74.2 Å². The molecule has 0 aromatic rings. The van der Waals surface area contributed by atoms with Crippen molar-refractivity contribution in [2.75, 3.05) is 20.8 Å². The molecule has 2 unspecified atom stereocenters. The second kappa shape index (κ2) is 8.18. The monoisotopic (exact) mass is 535 g/mol. The summed E-state index contributed by atoms with van der Waals surface area (Å²) < 4.78 is 17.3. The SMILES string of the molecule is COC(=O)[C@]1(C)CC[C@]2(C)CC[C@]3(C)C4=CC=C5C(=CC6=NCC(=O)OC6C5(C)OC)[C@]4(C)CC[C@@]3(C)[C@@H]2C1. The highest BCUT2D eigenvalue weighted by molar-refractivity contribution is 6.06. The fourth-order valence-electron chi connectivity index (χ4n) is 9.97. The van der Waals surface area contributed by atoms with Gasteiger partial charge in [0.25, 0.3) is 0 Å². The van der Waals surface area contributed by atoms with Crippen LogP contribution in [0, 0.1) is 33.0 Å². The molecule has 0 aromatic heterocycles. The van der Waals surface area contributed by atoms with Crippen molar-refractivity contribution in [1.82, 2.24) is 0 Å². The van der Waals surface area contributed by atoms with Gasteiger partial charge in [-0.15, -0.1) is 0 Å². The van der Waals surface area contributed by atoms with Crippen LogP contribution in [-0.2, 0) is 23.8 Å². The minimum absolute atomic E-state index is 0.0113. The van der Waals surface area contributed by atoms with Crippen LogP contribution in [0.2, 0.25) is 0 Å². The number of ether oxygens (including phenoxy) is 3. The highest BCUT2D eigenvalue weighted by Gasteiger charge is 2.68. The number of hydrogen-bond acceptors (Lipinski definition) is 6. The lowest BCUT2D eigenvalue weighted by Gasteiger charge is -2.70. The molecule has 212 valence electrons. The van der Waals surface area contributed by atoms with Gasteiger partial charge in [0, 0.05) is 12.5 Å². The van der Waals surface area contributed by atoms with Crippen LogP contribution >= 0.6 is 0 Å². The van der Waals surface area contributed by atoms with Crippen molar-refractivity contribution < 1.29 is 23.8 Å². The predicted octanol–water partition coefficient (Wildman–Crippen LogP) is 6.16. The highest BCUT2D eigenvalue weighted by Crippen LogP contribution is 2.75. The molecule has 0 amide bonds. The fraction of sp³-hybridized carbons (Fsp3) is 0.727. The predicted molar refractivity (Wildman–Crippen MR) is 150 cm³/mol. The molecule has 6 aliphatic rings. The quantitative estimate of drug-likeness (QED) is 0.396. The summed E-state index contributed by atoms with van der Waals surface area (Å²) in [6.45, 7) is 14.1. The summed E-state index contributed by atoms with van der Waals surface area (Å²) in [6, 6.07) is 0. The van der Waals surface area contributed by atoms with E-state index in [1.54, 1.807) is 7.11 Å². The van der Waals surface area contributed by atoms with E-state index in [2.05, 4.69) is 57.8 Å². The molecule has 0 saturated heterocycles.